The van der Waals surface area contributed by atoms with Gasteiger partial charge >= 0.3 is 0 Å². The van der Waals surface area contributed by atoms with E-state index in [-0.39, 0.29) is 11.3 Å². The number of aryl methyl sites for hydroxylation is 2. The Bertz CT molecular complexity index is 1210. The van der Waals surface area contributed by atoms with Crippen molar-refractivity contribution in [1.29, 1.82) is 0 Å². The number of nitrogens with one attached hydrogen (secondary N) is 1. The Morgan fingerprint density at radius 3 is 2.62 bits per heavy atom. The lowest BCUT2D eigenvalue weighted by Gasteiger charge is -2.16. The number of hydrogen-bond donors (Lipinski definition) is 1. The smallest absolute Gasteiger partial charge is 0.267 e. The van der Waals surface area contributed by atoms with Gasteiger partial charge in [-0.15, -0.1) is 22.7 Å². The molecule has 4 aromatic rings. The SMILES string of the molecule is Cc1nc(C(C)(C)C)nc2sc(C(=O)Nc3nc(-c4cccnc4)cs3)c(C)c12. The van der Waals surface area contributed by atoms with E-state index in [9.17, 15) is 4.79 Å². The van der Waals surface area contributed by atoms with Crippen LogP contribution in [-0.4, -0.2) is 25.8 Å². The minimum absolute atomic E-state index is 0.150. The Hall–Kier alpha value is -2.71. The Morgan fingerprint density at radius 2 is 1.93 bits per heavy atom. The van der Waals surface area contributed by atoms with Gasteiger partial charge in [-0.2, -0.15) is 0 Å². The van der Waals surface area contributed by atoms with Crippen LogP contribution in [0.2, 0.25) is 0 Å². The van der Waals surface area contributed by atoms with Gasteiger partial charge in [-0.3, -0.25) is 15.1 Å². The summed E-state index contributed by atoms with van der Waals surface area (Å²) in [6.45, 7) is 10.2. The van der Waals surface area contributed by atoms with Gasteiger partial charge in [0.05, 0.1) is 16.3 Å². The molecule has 0 aromatic carbocycles. The Balaban J connectivity index is 1.65. The van der Waals surface area contributed by atoms with Crippen molar-refractivity contribution in [3.8, 4) is 11.3 Å². The first-order valence-electron chi connectivity index (χ1n) is 9.19. The second-order valence-electron chi connectivity index (χ2n) is 7.85. The highest BCUT2D eigenvalue weighted by molar-refractivity contribution is 7.21. The van der Waals surface area contributed by atoms with Gasteiger partial charge in [0.1, 0.15) is 10.7 Å². The van der Waals surface area contributed by atoms with Gasteiger partial charge in [-0.05, 0) is 31.5 Å². The fourth-order valence-electron chi connectivity index (χ4n) is 3.02. The van der Waals surface area contributed by atoms with Crippen LogP contribution in [0.4, 0.5) is 5.13 Å². The maximum Gasteiger partial charge on any atom is 0.267 e. The maximum absolute atomic E-state index is 12.9. The zero-order valence-corrected chi connectivity index (χ0v) is 18.5. The first-order valence-corrected chi connectivity index (χ1v) is 10.9. The van der Waals surface area contributed by atoms with Crippen LogP contribution in [0.1, 0.15) is 47.5 Å². The number of carbonyl (C=O) groups excluding carboxylic acids is 1. The van der Waals surface area contributed by atoms with Gasteiger partial charge in [0, 0.05) is 34.1 Å². The third-order valence-corrected chi connectivity index (χ3v) is 6.47. The summed E-state index contributed by atoms with van der Waals surface area (Å²) in [5.41, 5.74) is 3.37. The summed E-state index contributed by atoms with van der Waals surface area (Å²) < 4.78 is 0. The average molecular weight is 424 g/mol. The average Bonchev–Trinajstić information content (AvgIpc) is 3.26. The molecule has 4 aromatic heterocycles. The normalized spacial score (nSPS) is 11.8. The molecule has 0 aliphatic heterocycles. The largest absolute Gasteiger partial charge is 0.297 e. The number of anilines is 1. The number of carbonyl (C=O) groups is 1. The highest BCUT2D eigenvalue weighted by Gasteiger charge is 2.23. The van der Waals surface area contributed by atoms with Crippen LogP contribution in [0, 0.1) is 13.8 Å². The number of thiophene rings is 1. The number of thiazole rings is 1. The van der Waals surface area contributed by atoms with Gasteiger partial charge in [-0.1, -0.05) is 20.8 Å². The Kier molecular flexibility index (Phi) is 4.92. The molecule has 148 valence electrons. The molecule has 0 aliphatic rings. The van der Waals surface area contributed by atoms with E-state index in [2.05, 4.69) is 41.0 Å². The second-order valence-corrected chi connectivity index (χ2v) is 9.71. The standard InChI is InChI=1S/C21H21N5OS2/c1-11-15-12(2)23-19(21(3,4)5)26-18(15)29-16(11)17(27)25-20-24-14(10-28-20)13-7-6-8-22-9-13/h6-10H,1-5H3,(H,24,25,27). The Labute approximate surface area is 177 Å². The molecule has 0 aliphatic carbocycles. The van der Waals surface area contributed by atoms with E-state index in [0.29, 0.717) is 10.0 Å². The molecule has 0 saturated carbocycles. The molecule has 0 unspecified atom stereocenters. The number of rotatable bonds is 3. The van der Waals surface area contributed by atoms with Crippen molar-refractivity contribution in [3.05, 3.63) is 51.9 Å². The van der Waals surface area contributed by atoms with Crippen LogP contribution in [0.5, 0.6) is 0 Å². The van der Waals surface area contributed by atoms with E-state index in [4.69, 9.17) is 4.98 Å². The molecule has 0 spiro atoms. The number of amides is 1. The lowest BCUT2D eigenvalue weighted by molar-refractivity contribution is 0.103. The summed E-state index contributed by atoms with van der Waals surface area (Å²) in [5.74, 6) is 0.617. The monoisotopic (exact) mass is 423 g/mol. The molecule has 1 amide bonds. The lowest BCUT2D eigenvalue weighted by atomic mass is 9.95. The topological polar surface area (TPSA) is 80.7 Å². The molecule has 0 fully saturated rings. The molecule has 4 heterocycles. The van der Waals surface area contributed by atoms with Crippen molar-refractivity contribution in [2.45, 2.75) is 40.0 Å². The van der Waals surface area contributed by atoms with Gasteiger partial charge in [0.25, 0.3) is 5.91 Å². The van der Waals surface area contributed by atoms with Crippen molar-refractivity contribution in [3.63, 3.8) is 0 Å². The highest BCUT2D eigenvalue weighted by Crippen LogP contribution is 2.34. The fraction of sp³-hybridized carbons (Fsp3) is 0.286. The van der Waals surface area contributed by atoms with Crippen LogP contribution in [0.3, 0.4) is 0 Å². The fourth-order valence-corrected chi connectivity index (χ4v) is 4.86. The summed E-state index contributed by atoms with van der Waals surface area (Å²) >= 11 is 2.80. The number of hydrogen-bond acceptors (Lipinski definition) is 7. The van der Waals surface area contributed by atoms with Crippen molar-refractivity contribution in [2.24, 2.45) is 0 Å². The van der Waals surface area contributed by atoms with Crippen molar-refractivity contribution in [2.75, 3.05) is 5.32 Å². The van der Waals surface area contributed by atoms with Crippen LogP contribution in [-0.2, 0) is 5.41 Å². The Morgan fingerprint density at radius 1 is 1.14 bits per heavy atom. The summed E-state index contributed by atoms with van der Waals surface area (Å²) in [7, 11) is 0. The third kappa shape index (κ3) is 3.77. The highest BCUT2D eigenvalue weighted by atomic mass is 32.1. The molecule has 4 rings (SSSR count). The molecule has 1 N–H and O–H groups in total. The van der Waals surface area contributed by atoms with Crippen molar-refractivity contribution in [1.82, 2.24) is 19.9 Å². The molecule has 8 heteroatoms. The predicted molar refractivity (Wildman–Crippen MR) is 119 cm³/mol. The van der Waals surface area contributed by atoms with Gasteiger partial charge in [-0.25, -0.2) is 15.0 Å². The molecular formula is C21H21N5OS2. The van der Waals surface area contributed by atoms with Crippen LogP contribution >= 0.6 is 22.7 Å². The zero-order valence-electron chi connectivity index (χ0n) is 16.9. The molecule has 0 atom stereocenters. The van der Waals surface area contributed by atoms with Gasteiger partial charge < -0.3 is 0 Å². The van der Waals surface area contributed by atoms with Gasteiger partial charge in [0.2, 0.25) is 0 Å². The molecular weight excluding hydrogens is 402 g/mol. The number of fused-ring (bicyclic) bond motifs is 1. The van der Waals surface area contributed by atoms with E-state index in [0.717, 1.165) is 38.6 Å². The molecule has 0 saturated heterocycles. The van der Waals surface area contributed by atoms with Crippen LogP contribution in [0.15, 0.2) is 29.9 Å². The van der Waals surface area contributed by atoms with E-state index in [1.165, 1.54) is 22.7 Å². The van der Waals surface area contributed by atoms with E-state index >= 15 is 0 Å². The summed E-state index contributed by atoms with van der Waals surface area (Å²) in [6, 6.07) is 3.81. The van der Waals surface area contributed by atoms with E-state index in [1.807, 2.05) is 31.4 Å². The maximum atomic E-state index is 12.9. The molecule has 0 bridgehead atoms. The van der Waals surface area contributed by atoms with Crippen molar-refractivity contribution < 1.29 is 4.79 Å². The van der Waals surface area contributed by atoms with E-state index in [1.54, 1.807) is 12.4 Å². The summed E-state index contributed by atoms with van der Waals surface area (Å²) in [6.07, 6.45) is 3.48. The summed E-state index contributed by atoms with van der Waals surface area (Å²) in [4.78, 5) is 32.5. The molecule has 29 heavy (non-hydrogen) atoms. The number of aromatic nitrogens is 4. The first kappa shape index (κ1) is 19.6. The summed E-state index contributed by atoms with van der Waals surface area (Å²) in [5, 5.41) is 6.36. The van der Waals surface area contributed by atoms with E-state index < -0.39 is 0 Å². The second kappa shape index (κ2) is 7.27. The van der Waals surface area contributed by atoms with Crippen molar-refractivity contribution >= 4 is 43.9 Å². The molecule has 6 nitrogen and oxygen atoms in total. The predicted octanol–water partition coefficient (Wildman–Crippen LogP) is 5.38. The van der Waals surface area contributed by atoms with Gasteiger partial charge in [0.15, 0.2) is 5.13 Å². The number of pyridine rings is 1. The number of nitrogens with zero attached hydrogens (tertiary/aromatic N) is 4. The first-order chi connectivity index (χ1) is 13.7. The lowest BCUT2D eigenvalue weighted by Crippen LogP contribution is -2.16. The van der Waals surface area contributed by atoms with Crippen LogP contribution in [0.25, 0.3) is 21.5 Å². The molecule has 0 radical (unpaired) electrons. The quantitative estimate of drug-likeness (QED) is 0.479. The minimum atomic E-state index is -0.172. The van der Waals surface area contributed by atoms with Crippen LogP contribution < -0.4 is 5.32 Å². The zero-order chi connectivity index (χ0) is 20.8. The minimum Gasteiger partial charge on any atom is -0.297 e. The third-order valence-electron chi connectivity index (χ3n) is 4.53.